The summed E-state index contributed by atoms with van der Waals surface area (Å²) >= 11 is 0. The Balaban J connectivity index is 2.01. The monoisotopic (exact) mass is 325 g/mol. The van der Waals surface area contributed by atoms with E-state index >= 15 is 0 Å². The number of carboxylic acid groups (broad SMARTS) is 1. The molecular weight excluding hydrogens is 305 g/mol. The van der Waals surface area contributed by atoms with Gasteiger partial charge in [-0.05, 0) is 18.6 Å². The van der Waals surface area contributed by atoms with Gasteiger partial charge in [0.1, 0.15) is 0 Å². The molecule has 1 saturated heterocycles. The van der Waals surface area contributed by atoms with E-state index in [9.17, 15) is 14.0 Å². The predicted octanol–water partition coefficient (Wildman–Crippen LogP) is 1.69. The lowest BCUT2D eigenvalue weighted by molar-refractivity contribution is -0.151. The third-order valence-electron chi connectivity index (χ3n) is 3.60. The topological polar surface area (TPSA) is 76.1 Å². The lowest BCUT2D eigenvalue weighted by Gasteiger charge is -2.34. The van der Waals surface area contributed by atoms with Crippen molar-refractivity contribution >= 4 is 11.9 Å². The minimum Gasteiger partial charge on any atom is -0.481 e. The van der Waals surface area contributed by atoms with Gasteiger partial charge in [-0.25, -0.2) is 4.39 Å². The number of ether oxygens (including phenoxy) is 2. The highest BCUT2D eigenvalue weighted by Crippen LogP contribution is 2.20. The van der Waals surface area contributed by atoms with E-state index in [4.69, 9.17) is 14.6 Å². The van der Waals surface area contributed by atoms with Crippen LogP contribution in [-0.4, -0.2) is 53.8 Å². The number of carboxylic acids is 1. The van der Waals surface area contributed by atoms with Crippen LogP contribution in [0.15, 0.2) is 24.3 Å². The van der Waals surface area contributed by atoms with E-state index in [2.05, 4.69) is 0 Å². The number of hydrogen-bond acceptors (Lipinski definition) is 4. The number of carbonyl (C=O) groups excluding carboxylic acids is 1. The molecule has 1 aliphatic heterocycles. The van der Waals surface area contributed by atoms with Crippen LogP contribution in [0, 0.1) is 5.82 Å². The molecule has 0 aliphatic carbocycles. The number of benzene rings is 1. The Morgan fingerprint density at radius 1 is 1.48 bits per heavy atom. The molecule has 0 radical (unpaired) electrons. The smallest absolute Gasteiger partial charge is 0.306 e. The van der Waals surface area contributed by atoms with Gasteiger partial charge in [0.2, 0.25) is 0 Å². The van der Waals surface area contributed by atoms with Gasteiger partial charge in [0, 0.05) is 13.1 Å². The predicted molar refractivity (Wildman–Crippen MR) is 79.7 cm³/mol. The molecule has 1 N–H and O–H groups in total. The summed E-state index contributed by atoms with van der Waals surface area (Å²) in [6.45, 7) is 2.62. The summed E-state index contributed by atoms with van der Waals surface area (Å²) in [5.41, 5.74) is 0. The number of para-hydroxylation sites is 1. The average Bonchev–Trinajstić information content (AvgIpc) is 2.53. The van der Waals surface area contributed by atoms with E-state index in [1.54, 1.807) is 19.1 Å². The van der Waals surface area contributed by atoms with Crippen molar-refractivity contribution in [1.82, 2.24) is 4.90 Å². The van der Waals surface area contributed by atoms with Crippen molar-refractivity contribution in [2.24, 2.45) is 0 Å². The van der Waals surface area contributed by atoms with Gasteiger partial charge in [0.05, 0.1) is 19.1 Å². The molecule has 126 valence electrons. The second-order valence-electron chi connectivity index (χ2n) is 5.32. The van der Waals surface area contributed by atoms with Crippen LogP contribution in [-0.2, 0) is 14.3 Å². The maximum absolute atomic E-state index is 13.7. The highest BCUT2D eigenvalue weighted by atomic mass is 19.1. The number of aliphatic carboxylic acids is 1. The van der Waals surface area contributed by atoms with Crippen molar-refractivity contribution in [1.29, 1.82) is 0 Å². The van der Waals surface area contributed by atoms with Gasteiger partial charge in [-0.15, -0.1) is 0 Å². The van der Waals surface area contributed by atoms with E-state index in [1.165, 1.54) is 17.0 Å². The summed E-state index contributed by atoms with van der Waals surface area (Å²) in [4.78, 5) is 24.8. The molecule has 0 bridgehead atoms. The molecule has 1 aromatic carbocycles. The summed E-state index contributed by atoms with van der Waals surface area (Å²) in [5.74, 6) is -1.75. The number of carbonyl (C=O) groups is 2. The SMILES string of the molecule is CC[C@@H](Oc1ccccc1F)C(=O)N1CCO[C@@H](CC(=O)O)C1. The van der Waals surface area contributed by atoms with Crippen molar-refractivity contribution < 1.29 is 28.6 Å². The minimum atomic E-state index is -0.973. The molecule has 0 aromatic heterocycles. The first-order valence-corrected chi connectivity index (χ1v) is 7.54. The van der Waals surface area contributed by atoms with Crippen LogP contribution < -0.4 is 4.74 Å². The molecule has 1 fully saturated rings. The third-order valence-corrected chi connectivity index (χ3v) is 3.60. The highest BCUT2D eigenvalue weighted by molar-refractivity contribution is 5.81. The van der Waals surface area contributed by atoms with Gasteiger partial charge < -0.3 is 19.5 Å². The van der Waals surface area contributed by atoms with Crippen LogP contribution >= 0.6 is 0 Å². The van der Waals surface area contributed by atoms with Crippen molar-refractivity contribution in [2.45, 2.75) is 32.0 Å². The van der Waals surface area contributed by atoms with Gasteiger partial charge in [-0.2, -0.15) is 0 Å². The molecule has 2 rings (SSSR count). The van der Waals surface area contributed by atoms with Crippen molar-refractivity contribution in [3.63, 3.8) is 0 Å². The van der Waals surface area contributed by atoms with Crippen LogP contribution in [0.1, 0.15) is 19.8 Å². The zero-order valence-corrected chi connectivity index (χ0v) is 12.9. The van der Waals surface area contributed by atoms with Gasteiger partial charge in [0.15, 0.2) is 17.7 Å². The van der Waals surface area contributed by atoms with E-state index in [0.29, 0.717) is 13.0 Å². The Labute approximate surface area is 133 Å². The van der Waals surface area contributed by atoms with Gasteiger partial charge in [0.25, 0.3) is 5.91 Å². The van der Waals surface area contributed by atoms with Crippen LogP contribution in [0.25, 0.3) is 0 Å². The fourth-order valence-corrected chi connectivity index (χ4v) is 2.44. The Bertz CT molecular complexity index is 565. The van der Waals surface area contributed by atoms with Crippen molar-refractivity contribution in [2.75, 3.05) is 19.7 Å². The maximum atomic E-state index is 13.7. The van der Waals surface area contributed by atoms with Gasteiger partial charge in [-0.3, -0.25) is 9.59 Å². The van der Waals surface area contributed by atoms with Gasteiger partial charge >= 0.3 is 5.97 Å². The molecule has 1 amide bonds. The lowest BCUT2D eigenvalue weighted by Crippen LogP contribution is -2.50. The van der Waals surface area contributed by atoms with E-state index in [-0.39, 0.29) is 31.2 Å². The Morgan fingerprint density at radius 2 is 2.22 bits per heavy atom. The minimum absolute atomic E-state index is 0.0306. The first-order valence-electron chi connectivity index (χ1n) is 7.54. The summed E-state index contributed by atoms with van der Waals surface area (Å²) in [6, 6.07) is 5.92. The second-order valence-corrected chi connectivity index (χ2v) is 5.32. The van der Waals surface area contributed by atoms with Crippen LogP contribution in [0.3, 0.4) is 0 Å². The molecule has 6 nitrogen and oxygen atoms in total. The number of amides is 1. The molecule has 0 saturated carbocycles. The first kappa shape index (κ1) is 17.2. The number of morpholine rings is 1. The van der Waals surface area contributed by atoms with Crippen molar-refractivity contribution in [3.8, 4) is 5.75 Å². The van der Waals surface area contributed by atoms with Gasteiger partial charge in [-0.1, -0.05) is 19.1 Å². The summed E-state index contributed by atoms with van der Waals surface area (Å²) < 4.78 is 24.5. The quantitative estimate of drug-likeness (QED) is 0.861. The number of halogens is 1. The van der Waals surface area contributed by atoms with E-state index in [0.717, 1.165) is 0 Å². The molecule has 1 aromatic rings. The van der Waals surface area contributed by atoms with E-state index < -0.39 is 24.0 Å². The van der Waals surface area contributed by atoms with E-state index in [1.807, 2.05) is 0 Å². The molecule has 1 heterocycles. The normalized spacial score (nSPS) is 19.2. The molecular formula is C16H20FNO5. The standard InChI is InChI=1S/C16H20FNO5/c1-2-13(23-14-6-4-3-5-12(14)17)16(21)18-7-8-22-11(10-18)9-15(19)20/h3-6,11,13H,2,7-10H2,1H3,(H,19,20)/t11-,13+/m0/s1. The largest absolute Gasteiger partial charge is 0.481 e. The summed E-state index contributed by atoms with van der Waals surface area (Å²) in [6.07, 6.45) is -1.12. The zero-order chi connectivity index (χ0) is 16.8. The molecule has 23 heavy (non-hydrogen) atoms. The fourth-order valence-electron chi connectivity index (χ4n) is 2.44. The maximum Gasteiger partial charge on any atom is 0.306 e. The molecule has 1 aliphatic rings. The zero-order valence-electron chi connectivity index (χ0n) is 12.9. The van der Waals surface area contributed by atoms with Crippen LogP contribution in [0.2, 0.25) is 0 Å². The first-order chi connectivity index (χ1) is 11.0. The molecule has 0 unspecified atom stereocenters. The molecule has 0 spiro atoms. The molecule has 7 heteroatoms. The van der Waals surface area contributed by atoms with Crippen LogP contribution in [0.4, 0.5) is 4.39 Å². The van der Waals surface area contributed by atoms with Crippen LogP contribution in [0.5, 0.6) is 5.75 Å². The Morgan fingerprint density at radius 3 is 2.87 bits per heavy atom. The summed E-state index contributed by atoms with van der Waals surface area (Å²) in [7, 11) is 0. The number of rotatable bonds is 6. The number of hydrogen-bond donors (Lipinski definition) is 1. The Kier molecular flexibility index (Phi) is 5.92. The highest BCUT2D eigenvalue weighted by Gasteiger charge is 2.31. The Hall–Kier alpha value is -2.15. The summed E-state index contributed by atoms with van der Waals surface area (Å²) in [5, 5.41) is 8.82. The molecule has 2 atom stereocenters. The van der Waals surface area contributed by atoms with Crippen molar-refractivity contribution in [3.05, 3.63) is 30.1 Å². The fraction of sp³-hybridized carbons (Fsp3) is 0.500. The second kappa shape index (κ2) is 7.92. The number of nitrogens with zero attached hydrogens (tertiary/aromatic N) is 1. The average molecular weight is 325 g/mol. The third kappa shape index (κ3) is 4.66. The lowest BCUT2D eigenvalue weighted by atomic mass is 10.1.